The maximum absolute atomic E-state index is 11.1. The second-order valence-corrected chi connectivity index (χ2v) is 5.39. The molecule has 1 radical (unpaired) electrons. The van der Waals surface area contributed by atoms with Crippen molar-refractivity contribution < 1.29 is 17.9 Å². The predicted octanol–water partition coefficient (Wildman–Crippen LogP) is -0.145. The van der Waals surface area contributed by atoms with Crippen molar-refractivity contribution in [2.75, 3.05) is 24.5 Å². The van der Waals surface area contributed by atoms with E-state index in [9.17, 15) is 13.2 Å². The largest absolute Gasteiger partial charge is 0.468 e. The van der Waals surface area contributed by atoms with Gasteiger partial charge in [-0.2, -0.15) is 0 Å². The number of carbonyl (C=O) groups is 1. The molecule has 7 heteroatoms. The normalized spacial score (nSPS) is 13.6. The molecule has 0 aliphatic heterocycles. The Labute approximate surface area is 88.5 Å². The first-order valence-electron chi connectivity index (χ1n) is 3.98. The fourth-order valence-corrected chi connectivity index (χ4v) is 2.52. The van der Waals surface area contributed by atoms with Crippen molar-refractivity contribution in [3.63, 3.8) is 0 Å². The zero-order chi connectivity index (χ0) is 11.2. The smallest absolute Gasteiger partial charge is 0.324 e. The second-order valence-electron chi connectivity index (χ2n) is 2.71. The van der Waals surface area contributed by atoms with E-state index in [-0.39, 0.29) is 23.8 Å². The number of hydrogen-bond donors (Lipinski definition) is 0. The molecule has 0 fully saturated rings. The van der Waals surface area contributed by atoms with Gasteiger partial charge in [0.15, 0.2) is 9.84 Å². The van der Waals surface area contributed by atoms with Gasteiger partial charge in [0, 0.05) is 5.88 Å². The Bertz CT molecular complexity index is 277. The molecule has 0 aromatic carbocycles. The van der Waals surface area contributed by atoms with E-state index in [0.717, 1.165) is 7.11 Å². The number of halogens is 1. The van der Waals surface area contributed by atoms with Crippen molar-refractivity contribution in [3.8, 4) is 0 Å². The molecule has 0 aromatic rings. The van der Waals surface area contributed by atoms with Crippen LogP contribution in [0.1, 0.15) is 6.42 Å². The molecule has 0 saturated carbocycles. The van der Waals surface area contributed by atoms with Crippen LogP contribution in [0, 0.1) is 0 Å². The molecule has 83 valence electrons. The van der Waals surface area contributed by atoms with Crippen molar-refractivity contribution in [3.05, 3.63) is 0 Å². The fourth-order valence-electron chi connectivity index (χ4n) is 0.777. The molecule has 0 bridgehead atoms. The number of methoxy groups -OCH3 is 1. The maximum Gasteiger partial charge on any atom is 0.324 e. The highest BCUT2D eigenvalue weighted by Crippen LogP contribution is 2.00. The molecule has 14 heavy (non-hydrogen) atoms. The SMILES string of the molecule is COC(=O)C([NH])CCS(=O)(=O)CCCl. The van der Waals surface area contributed by atoms with E-state index < -0.39 is 21.8 Å². The average molecular weight is 243 g/mol. The molecule has 0 rings (SSSR count). The van der Waals surface area contributed by atoms with Crippen molar-refractivity contribution in [2.24, 2.45) is 0 Å². The summed E-state index contributed by atoms with van der Waals surface area (Å²) in [4.78, 5) is 10.8. The highest BCUT2D eigenvalue weighted by atomic mass is 35.5. The number of sulfone groups is 1. The van der Waals surface area contributed by atoms with Gasteiger partial charge in [-0.05, 0) is 6.42 Å². The van der Waals surface area contributed by atoms with Gasteiger partial charge < -0.3 is 4.74 Å². The molecule has 0 amide bonds. The van der Waals surface area contributed by atoms with Crippen LogP contribution < -0.4 is 5.73 Å². The van der Waals surface area contributed by atoms with Gasteiger partial charge in [0.25, 0.3) is 0 Å². The first-order chi connectivity index (χ1) is 6.43. The first-order valence-corrected chi connectivity index (χ1v) is 6.34. The lowest BCUT2D eigenvalue weighted by Gasteiger charge is -2.07. The van der Waals surface area contributed by atoms with Crippen molar-refractivity contribution in [1.29, 1.82) is 0 Å². The Morgan fingerprint density at radius 3 is 2.50 bits per heavy atom. The topological polar surface area (TPSA) is 84.2 Å². The van der Waals surface area contributed by atoms with E-state index in [1.54, 1.807) is 0 Å². The monoisotopic (exact) mass is 242 g/mol. The molecule has 0 saturated heterocycles. The van der Waals surface area contributed by atoms with Crippen LogP contribution in [0.25, 0.3) is 0 Å². The Balaban J connectivity index is 4.00. The van der Waals surface area contributed by atoms with Gasteiger partial charge in [-0.3, -0.25) is 4.79 Å². The molecule has 0 aliphatic rings. The Kier molecular flexibility index (Phi) is 6.06. The molecule has 0 spiro atoms. The third-order valence-electron chi connectivity index (χ3n) is 1.59. The fraction of sp³-hybridized carbons (Fsp3) is 0.857. The van der Waals surface area contributed by atoms with Crippen LogP contribution in [0.15, 0.2) is 0 Å². The summed E-state index contributed by atoms with van der Waals surface area (Å²) in [5, 5.41) is 0. The van der Waals surface area contributed by atoms with Crippen molar-refractivity contribution in [2.45, 2.75) is 12.5 Å². The lowest BCUT2D eigenvalue weighted by atomic mass is 10.2. The lowest BCUT2D eigenvalue weighted by Crippen LogP contribution is -2.27. The second kappa shape index (κ2) is 6.21. The van der Waals surface area contributed by atoms with Crippen LogP contribution in [0.3, 0.4) is 0 Å². The summed E-state index contributed by atoms with van der Waals surface area (Å²) < 4.78 is 26.5. The van der Waals surface area contributed by atoms with Gasteiger partial charge in [0.1, 0.15) is 6.04 Å². The van der Waals surface area contributed by atoms with Crippen molar-refractivity contribution >= 4 is 27.4 Å². The lowest BCUT2D eigenvalue weighted by molar-refractivity contribution is -0.142. The van der Waals surface area contributed by atoms with Crippen LogP contribution in [-0.4, -0.2) is 44.9 Å². The summed E-state index contributed by atoms with van der Waals surface area (Å²) in [7, 11) is -2.06. The first kappa shape index (κ1) is 13.7. The Hall–Kier alpha value is -0.330. The number of ether oxygens (including phenoxy) is 1. The van der Waals surface area contributed by atoms with Gasteiger partial charge >= 0.3 is 5.97 Å². The van der Waals surface area contributed by atoms with E-state index in [1.165, 1.54) is 0 Å². The van der Waals surface area contributed by atoms with Gasteiger partial charge in [0.05, 0.1) is 18.6 Å². The highest BCUT2D eigenvalue weighted by molar-refractivity contribution is 7.91. The molecule has 1 unspecified atom stereocenters. The third kappa shape index (κ3) is 5.41. The van der Waals surface area contributed by atoms with Gasteiger partial charge in [0.2, 0.25) is 0 Å². The third-order valence-corrected chi connectivity index (χ3v) is 3.69. The van der Waals surface area contributed by atoms with Crippen LogP contribution in [0.4, 0.5) is 0 Å². The van der Waals surface area contributed by atoms with Gasteiger partial charge in [-0.25, -0.2) is 14.2 Å². The van der Waals surface area contributed by atoms with E-state index >= 15 is 0 Å². The maximum atomic E-state index is 11.1. The van der Waals surface area contributed by atoms with E-state index in [1.807, 2.05) is 0 Å². The number of alkyl halides is 1. The molecule has 5 nitrogen and oxygen atoms in total. The highest BCUT2D eigenvalue weighted by Gasteiger charge is 2.18. The molecule has 1 atom stereocenters. The number of nitrogens with one attached hydrogen (secondary N) is 1. The van der Waals surface area contributed by atoms with Gasteiger partial charge in [-0.1, -0.05) is 0 Å². The zero-order valence-corrected chi connectivity index (χ0v) is 9.40. The number of rotatable bonds is 6. The van der Waals surface area contributed by atoms with Gasteiger partial charge in [-0.15, -0.1) is 11.6 Å². The van der Waals surface area contributed by atoms with E-state index in [4.69, 9.17) is 17.3 Å². The Morgan fingerprint density at radius 2 is 2.07 bits per heavy atom. The number of carbonyl (C=O) groups excluding carboxylic acids is 1. The summed E-state index contributed by atoms with van der Waals surface area (Å²) in [5.74, 6) is -1.01. The summed E-state index contributed by atoms with van der Waals surface area (Å²) in [6, 6.07) is -1.13. The molecule has 1 N–H and O–H groups in total. The molecular weight excluding hydrogens is 230 g/mol. The minimum Gasteiger partial charge on any atom is -0.468 e. The summed E-state index contributed by atoms with van der Waals surface area (Å²) in [6.45, 7) is 0. The van der Waals surface area contributed by atoms with E-state index in [0.29, 0.717) is 0 Å². The molecule has 0 heterocycles. The molecule has 0 aromatic heterocycles. The Morgan fingerprint density at radius 1 is 1.50 bits per heavy atom. The minimum atomic E-state index is -3.23. The quantitative estimate of drug-likeness (QED) is 0.479. The van der Waals surface area contributed by atoms with Crippen LogP contribution in [0.2, 0.25) is 0 Å². The van der Waals surface area contributed by atoms with Crippen molar-refractivity contribution in [1.82, 2.24) is 5.73 Å². The van der Waals surface area contributed by atoms with Crippen LogP contribution in [-0.2, 0) is 19.4 Å². The summed E-state index contributed by atoms with van der Waals surface area (Å²) >= 11 is 5.27. The minimum absolute atomic E-state index is 0.0310. The predicted molar refractivity (Wildman–Crippen MR) is 52.9 cm³/mol. The average Bonchev–Trinajstić information content (AvgIpc) is 2.13. The summed E-state index contributed by atoms with van der Waals surface area (Å²) in [5.41, 5.74) is 7.22. The number of esters is 1. The van der Waals surface area contributed by atoms with Crippen LogP contribution in [0.5, 0.6) is 0 Å². The standard InChI is InChI=1S/C7H13ClNO4S/c1-13-7(10)6(9)2-4-14(11,12)5-3-8/h6,9H,2-5H2,1H3. The molecule has 0 aliphatic carbocycles. The van der Waals surface area contributed by atoms with E-state index in [2.05, 4.69) is 4.74 Å². The van der Waals surface area contributed by atoms with Crippen LogP contribution >= 0.6 is 11.6 Å². The molecular formula is C7H13ClNO4S. The zero-order valence-electron chi connectivity index (χ0n) is 7.82. The summed E-state index contributed by atoms with van der Waals surface area (Å²) in [6.07, 6.45) is -0.0497. The number of hydrogen-bond acceptors (Lipinski definition) is 4.